The molecule has 0 radical (unpaired) electrons. The van der Waals surface area contributed by atoms with Crippen molar-refractivity contribution in [2.75, 3.05) is 20.8 Å². The molecule has 0 aromatic heterocycles. The molecule has 0 rings (SSSR count). The average molecular weight is 218 g/mol. The van der Waals surface area contributed by atoms with Crippen molar-refractivity contribution >= 4 is 11.9 Å². The van der Waals surface area contributed by atoms with E-state index >= 15 is 0 Å². The van der Waals surface area contributed by atoms with Gasteiger partial charge >= 0.3 is 5.97 Å². The van der Waals surface area contributed by atoms with Crippen LogP contribution in [0.1, 0.15) is 13.3 Å². The van der Waals surface area contributed by atoms with Gasteiger partial charge in [0.1, 0.15) is 6.04 Å². The van der Waals surface area contributed by atoms with Gasteiger partial charge < -0.3 is 20.5 Å². The lowest BCUT2D eigenvalue weighted by Gasteiger charge is -2.17. The lowest BCUT2D eigenvalue weighted by atomic mass is 10.2. The van der Waals surface area contributed by atoms with Gasteiger partial charge in [0.25, 0.3) is 0 Å². The highest BCUT2D eigenvalue weighted by atomic mass is 16.5. The Kier molecular flexibility index (Phi) is 6.64. The van der Waals surface area contributed by atoms with Crippen LogP contribution in [0.3, 0.4) is 0 Å². The van der Waals surface area contributed by atoms with Gasteiger partial charge in [-0.15, -0.1) is 0 Å². The molecule has 0 bridgehead atoms. The van der Waals surface area contributed by atoms with E-state index in [0.717, 1.165) is 0 Å². The van der Waals surface area contributed by atoms with Gasteiger partial charge in [0.05, 0.1) is 6.04 Å². The molecule has 0 aliphatic rings. The number of nitrogens with one attached hydrogen (secondary N) is 2. The molecule has 0 fully saturated rings. The fourth-order valence-corrected chi connectivity index (χ4v) is 0.921. The lowest BCUT2D eigenvalue weighted by Crippen LogP contribution is -2.48. The van der Waals surface area contributed by atoms with E-state index in [2.05, 4.69) is 10.6 Å². The maximum absolute atomic E-state index is 11.4. The molecule has 1 amide bonds. The highest BCUT2D eigenvalue weighted by Crippen LogP contribution is 1.94. The van der Waals surface area contributed by atoms with E-state index in [1.807, 2.05) is 0 Å². The number of carbonyl (C=O) groups excluding carboxylic acids is 1. The van der Waals surface area contributed by atoms with Crippen LogP contribution in [-0.2, 0) is 14.3 Å². The molecule has 0 saturated carbocycles. The number of carboxylic acids is 1. The van der Waals surface area contributed by atoms with Gasteiger partial charge in [0.2, 0.25) is 5.91 Å². The molecule has 0 spiro atoms. The molecule has 3 N–H and O–H groups in total. The second kappa shape index (κ2) is 7.19. The Bertz CT molecular complexity index is 220. The molecule has 0 heterocycles. The predicted octanol–water partition coefficient (Wildman–Crippen LogP) is -0.800. The van der Waals surface area contributed by atoms with Crippen LogP contribution in [0, 0.1) is 0 Å². The fourth-order valence-electron chi connectivity index (χ4n) is 0.921. The summed E-state index contributed by atoms with van der Waals surface area (Å²) in [6, 6.07) is -1.30. The van der Waals surface area contributed by atoms with Crippen LogP contribution in [0.2, 0.25) is 0 Å². The Labute approximate surface area is 89.0 Å². The summed E-state index contributed by atoms with van der Waals surface area (Å²) in [5.74, 6) is -1.38. The third kappa shape index (κ3) is 5.34. The molecule has 0 aliphatic carbocycles. The fraction of sp³-hybridized carbons (Fsp3) is 0.778. The van der Waals surface area contributed by atoms with Crippen molar-refractivity contribution in [3.05, 3.63) is 0 Å². The van der Waals surface area contributed by atoms with Crippen LogP contribution in [0.5, 0.6) is 0 Å². The largest absolute Gasteiger partial charge is 0.480 e. The van der Waals surface area contributed by atoms with E-state index < -0.39 is 18.1 Å². The number of rotatable bonds is 7. The van der Waals surface area contributed by atoms with E-state index in [1.165, 1.54) is 7.11 Å². The Morgan fingerprint density at radius 3 is 2.47 bits per heavy atom. The van der Waals surface area contributed by atoms with Gasteiger partial charge in [-0.1, -0.05) is 0 Å². The molecular formula is C9H18N2O4. The van der Waals surface area contributed by atoms with E-state index in [0.29, 0.717) is 6.61 Å². The Morgan fingerprint density at radius 2 is 2.07 bits per heavy atom. The molecule has 2 unspecified atom stereocenters. The second-order valence-corrected chi connectivity index (χ2v) is 3.19. The minimum Gasteiger partial charge on any atom is -0.480 e. The lowest BCUT2D eigenvalue weighted by molar-refractivity contribution is -0.142. The first kappa shape index (κ1) is 13.9. The number of carboxylic acid groups (broad SMARTS) is 1. The van der Waals surface area contributed by atoms with Crippen LogP contribution in [0.15, 0.2) is 0 Å². The number of hydrogen-bond acceptors (Lipinski definition) is 4. The van der Waals surface area contributed by atoms with Crippen LogP contribution in [0.4, 0.5) is 0 Å². The van der Waals surface area contributed by atoms with Crippen LogP contribution < -0.4 is 10.6 Å². The van der Waals surface area contributed by atoms with Crippen LogP contribution in [0.25, 0.3) is 0 Å². The van der Waals surface area contributed by atoms with Crippen molar-refractivity contribution in [3.63, 3.8) is 0 Å². The molecule has 0 aromatic rings. The zero-order valence-electron chi connectivity index (χ0n) is 9.24. The zero-order chi connectivity index (χ0) is 11.8. The summed E-state index contributed by atoms with van der Waals surface area (Å²) in [4.78, 5) is 22.1. The van der Waals surface area contributed by atoms with Gasteiger partial charge in [-0.05, 0) is 14.0 Å². The molecule has 88 valence electrons. The first-order chi connectivity index (χ1) is 7.02. The normalized spacial score (nSPS) is 14.3. The highest BCUT2D eigenvalue weighted by molar-refractivity contribution is 5.86. The average Bonchev–Trinajstić information content (AvgIpc) is 2.22. The minimum atomic E-state index is -1.05. The van der Waals surface area contributed by atoms with Crippen LogP contribution >= 0.6 is 0 Å². The van der Waals surface area contributed by atoms with Gasteiger partial charge in [-0.25, -0.2) is 4.79 Å². The topological polar surface area (TPSA) is 87.7 Å². The van der Waals surface area contributed by atoms with Crippen LogP contribution in [-0.4, -0.2) is 49.8 Å². The second-order valence-electron chi connectivity index (χ2n) is 3.19. The minimum absolute atomic E-state index is 0.258. The van der Waals surface area contributed by atoms with Crippen molar-refractivity contribution in [1.82, 2.24) is 10.6 Å². The molecule has 6 nitrogen and oxygen atoms in total. The smallest absolute Gasteiger partial charge is 0.326 e. The van der Waals surface area contributed by atoms with E-state index in [9.17, 15) is 9.59 Å². The molecule has 2 atom stereocenters. The predicted molar refractivity (Wildman–Crippen MR) is 54.6 cm³/mol. The monoisotopic (exact) mass is 218 g/mol. The van der Waals surface area contributed by atoms with E-state index in [4.69, 9.17) is 9.84 Å². The van der Waals surface area contributed by atoms with Gasteiger partial charge in [0, 0.05) is 20.1 Å². The summed E-state index contributed by atoms with van der Waals surface area (Å²) in [5, 5.41) is 14.0. The zero-order valence-corrected chi connectivity index (χ0v) is 9.24. The Hall–Kier alpha value is -1.14. The molecule has 0 aliphatic heterocycles. The number of aliphatic carboxylic acids is 1. The molecule has 0 aromatic carbocycles. The summed E-state index contributed by atoms with van der Waals surface area (Å²) < 4.78 is 4.76. The van der Waals surface area contributed by atoms with Crippen molar-refractivity contribution < 1.29 is 19.4 Å². The van der Waals surface area contributed by atoms with Gasteiger partial charge in [0.15, 0.2) is 0 Å². The SMILES string of the molecule is CNC(C)C(=O)NC(CCOC)C(=O)O. The highest BCUT2D eigenvalue weighted by Gasteiger charge is 2.21. The number of likely N-dealkylation sites (N-methyl/N-ethyl adjacent to an activating group) is 1. The van der Waals surface area contributed by atoms with Gasteiger partial charge in [-0.2, -0.15) is 0 Å². The molecule has 6 heteroatoms. The molecular weight excluding hydrogens is 200 g/mol. The standard InChI is InChI=1S/C9H18N2O4/c1-6(10-2)8(12)11-7(9(13)14)4-5-15-3/h6-7,10H,4-5H2,1-3H3,(H,11,12)(H,13,14). The third-order valence-electron chi connectivity index (χ3n) is 2.05. The number of hydrogen-bond donors (Lipinski definition) is 3. The maximum Gasteiger partial charge on any atom is 0.326 e. The third-order valence-corrected chi connectivity index (χ3v) is 2.05. The quantitative estimate of drug-likeness (QED) is 0.520. The van der Waals surface area contributed by atoms with Crippen molar-refractivity contribution in [1.29, 1.82) is 0 Å². The number of methoxy groups -OCH3 is 1. The number of amides is 1. The van der Waals surface area contributed by atoms with E-state index in [-0.39, 0.29) is 12.3 Å². The number of ether oxygens (including phenoxy) is 1. The summed E-state index contributed by atoms with van der Waals surface area (Å²) in [6.45, 7) is 1.95. The van der Waals surface area contributed by atoms with Crippen molar-refractivity contribution in [2.24, 2.45) is 0 Å². The summed E-state index contributed by atoms with van der Waals surface area (Å²) >= 11 is 0. The van der Waals surface area contributed by atoms with E-state index in [1.54, 1.807) is 14.0 Å². The molecule has 15 heavy (non-hydrogen) atoms. The summed E-state index contributed by atoms with van der Waals surface area (Å²) in [6.07, 6.45) is 0.258. The molecule has 0 saturated heterocycles. The number of carbonyl (C=O) groups is 2. The Balaban J connectivity index is 4.16. The summed E-state index contributed by atoms with van der Waals surface area (Å²) in [7, 11) is 3.12. The Morgan fingerprint density at radius 1 is 1.47 bits per heavy atom. The summed E-state index contributed by atoms with van der Waals surface area (Å²) in [5.41, 5.74) is 0. The maximum atomic E-state index is 11.4. The van der Waals surface area contributed by atoms with Gasteiger partial charge in [-0.3, -0.25) is 4.79 Å². The first-order valence-electron chi connectivity index (χ1n) is 4.72. The van der Waals surface area contributed by atoms with Crippen molar-refractivity contribution in [2.45, 2.75) is 25.4 Å². The van der Waals surface area contributed by atoms with Crippen molar-refractivity contribution in [3.8, 4) is 0 Å². The first-order valence-corrected chi connectivity index (χ1v) is 4.72.